The average molecular weight is 210 g/mol. The summed E-state index contributed by atoms with van der Waals surface area (Å²) in [5.41, 5.74) is 0.719. The summed E-state index contributed by atoms with van der Waals surface area (Å²) in [6.07, 6.45) is 0.750. The van der Waals surface area contributed by atoms with E-state index in [4.69, 9.17) is 15.1 Å². The lowest BCUT2D eigenvalue weighted by molar-refractivity contribution is 0.514. The number of carbonyl (C=O) groups excluding carboxylic acids is 1. The SMILES string of the molecule is C=C(c1ccccc1)[P+](=O)O.N=C=O. The summed E-state index contributed by atoms with van der Waals surface area (Å²) in [5.74, 6) is 0. The van der Waals surface area contributed by atoms with Crippen molar-refractivity contribution in [1.29, 1.82) is 5.41 Å². The molecule has 4 nitrogen and oxygen atoms in total. The molecule has 1 aromatic carbocycles. The van der Waals surface area contributed by atoms with E-state index in [1.165, 1.54) is 0 Å². The topological polar surface area (TPSA) is 78.2 Å². The fraction of sp³-hybridized carbons (Fsp3) is 0. The van der Waals surface area contributed by atoms with Crippen molar-refractivity contribution in [3.05, 3.63) is 42.5 Å². The van der Waals surface area contributed by atoms with E-state index < -0.39 is 8.03 Å². The first-order chi connectivity index (χ1) is 6.63. The van der Waals surface area contributed by atoms with Gasteiger partial charge < -0.3 is 0 Å². The molecule has 0 amide bonds. The summed E-state index contributed by atoms with van der Waals surface area (Å²) in [7, 11) is -2.28. The molecular formula is C9H9NO3P+. The highest BCUT2D eigenvalue weighted by Crippen LogP contribution is 2.33. The second-order valence-electron chi connectivity index (χ2n) is 2.19. The van der Waals surface area contributed by atoms with Gasteiger partial charge in [-0.3, -0.25) is 0 Å². The van der Waals surface area contributed by atoms with Gasteiger partial charge in [-0.25, -0.2) is 10.2 Å². The van der Waals surface area contributed by atoms with Crippen LogP contribution in [0.4, 0.5) is 0 Å². The molecule has 0 fully saturated rings. The smallest absolute Gasteiger partial charge is 0.222 e. The van der Waals surface area contributed by atoms with E-state index in [1.54, 1.807) is 24.3 Å². The van der Waals surface area contributed by atoms with E-state index in [2.05, 4.69) is 6.58 Å². The molecule has 14 heavy (non-hydrogen) atoms. The maximum Gasteiger partial charge on any atom is 0.546 e. The lowest BCUT2D eigenvalue weighted by atomic mass is 10.2. The number of hydrogen-bond acceptors (Lipinski definition) is 3. The van der Waals surface area contributed by atoms with Crippen LogP contribution >= 0.6 is 8.03 Å². The number of hydrogen-bond donors (Lipinski definition) is 2. The Bertz CT molecular complexity index is 356. The molecule has 2 N–H and O–H groups in total. The summed E-state index contributed by atoms with van der Waals surface area (Å²) < 4.78 is 10.5. The minimum absolute atomic E-state index is 0.278. The summed E-state index contributed by atoms with van der Waals surface area (Å²) in [5, 5.41) is 5.68. The molecule has 0 saturated carbocycles. The van der Waals surface area contributed by atoms with Crippen LogP contribution in [0, 0.1) is 5.41 Å². The van der Waals surface area contributed by atoms with E-state index in [1.807, 2.05) is 6.07 Å². The number of nitrogens with one attached hydrogen (secondary N) is 1. The van der Waals surface area contributed by atoms with Gasteiger partial charge in [-0.2, -0.15) is 4.89 Å². The average Bonchev–Trinajstić information content (AvgIpc) is 2.19. The Kier molecular flexibility index (Phi) is 6.08. The maximum absolute atomic E-state index is 10.5. The third-order valence-corrected chi connectivity index (χ3v) is 2.06. The predicted octanol–water partition coefficient (Wildman–Crippen LogP) is 2.29. The molecule has 5 heteroatoms. The van der Waals surface area contributed by atoms with Crippen molar-refractivity contribution in [2.24, 2.45) is 0 Å². The fourth-order valence-electron chi connectivity index (χ4n) is 0.741. The predicted molar refractivity (Wildman–Crippen MR) is 53.7 cm³/mol. The van der Waals surface area contributed by atoms with Gasteiger partial charge in [-0.1, -0.05) is 30.3 Å². The minimum Gasteiger partial charge on any atom is -0.222 e. The second-order valence-corrected chi connectivity index (χ2v) is 3.27. The molecule has 1 rings (SSSR count). The van der Waals surface area contributed by atoms with Gasteiger partial charge in [0.1, 0.15) is 0 Å². The molecule has 72 valence electrons. The fourth-order valence-corrected chi connectivity index (χ4v) is 1.11. The Balaban J connectivity index is 0.000000500. The van der Waals surface area contributed by atoms with Gasteiger partial charge >= 0.3 is 8.03 Å². The number of rotatable bonds is 2. The number of benzene rings is 1. The molecule has 0 bridgehead atoms. The van der Waals surface area contributed by atoms with Crippen LogP contribution in [0.3, 0.4) is 0 Å². The van der Waals surface area contributed by atoms with Crippen molar-refractivity contribution in [2.75, 3.05) is 0 Å². The van der Waals surface area contributed by atoms with Crippen molar-refractivity contribution in [1.82, 2.24) is 0 Å². The number of isocyanates is 1. The second kappa shape index (κ2) is 6.87. The van der Waals surface area contributed by atoms with Gasteiger partial charge in [0.25, 0.3) is 0 Å². The normalized spacial score (nSPS) is 9.07. The Morgan fingerprint density at radius 2 is 1.86 bits per heavy atom. The molecule has 1 aromatic rings. The van der Waals surface area contributed by atoms with E-state index in [0.29, 0.717) is 0 Å². The molecule has 0 saturated heterocycles. The van der Waals surface area contributed by atoms with Crippen LogP contribution in [0.2, 0.25) is 0 Å². The minimum atomic E-state index is -2.28. The van der Waals surface area contributed by atoms with Gasteiger partial charge in [-0.15, -0.1) is 0 Å². The molecule has 1 atom stereocenters. The van der Waals surface area contributed by atoms with Crippen LogP contribution in [-0.2, 0) is 9.36 Å². The van der Waals surface area contributed by atoms with Gasteiger partial charge in [0, 0.05) is 5.56 Å². The monoisotopic (exact) mass is 210 g/mol. The quantitative estimate of drug-likeness (QED) is 0.446. The largest absolute Gasteiger partial charge is 0.546 e. The van der Waals surface area contributed by atoms with Gasteiger partial charge in [0.15, 0.2) is 0 Å². The Hall–Kier alpha value is -1.60. The highest BCUT2D eigenvalue weighted by Gasteiger charge is 2.18. The zero-order valence-corrected chi connectivity index (χ0v) is 8.20. The summed E-state index contributed by atoms with van der Waals surface area (Å²) in [6.45, 7) is 3.49. The standard InChI is InChI=1S/C8H7O2P.CHNO/c1-7(11(9)10)8-5-3-2-4-6-8;2-1-3/h2-6H,1H2;2H/p+1. The molecule has 0 spiro atoms. The first-order valence-electron chi connectivity index (χ1n) is 3.57. The molecule has 0 aliphatic carbocycles. The van der Waals surface area contributed by atoms with Gasteiger partial charge in [0.2, 0.25) is 11.4 Å². The van der Waals surface area contributed by atoms with E-state index >= 15 is 0 Å². The highest BCUT2D eigenvalue weighted by atomic mass is 31.1. The molecule has 0 radical (unpaired) electrons. The summed E-state index contributed by atoms with van der Waals surface area (Å²) in [4.78, 5) is 17.0. The van der Waals surface area contributed by atoms with Crippen molar-refractivity contribution in [3.63, 3.8) is 0 Å². The van der Waals surface area contributed by atoms with Crippen LogP contribution in [0.1, 0.15) is 5.56 Å². The van der Waals surface area contributed by atoms with Crippen LogP contribution in [0.25, 0.3) is 5.31 Å². The summed E-state index contributed by atoms with van der Waals surface area (Å²) in [6, 6.07) is 8.97. The van der Waals surface area contributed by atoms with Gasteiger partial charge in [-0.05, 0) is 11.1 Å². The highest BCUT2D eigenvalue weighted by molar-refractivity contribution is 7.50. The molecule has 1 unspecified atom stereocenters. The van der Waals surface area contributed by atoms with Crippen molar-refractivity contribution in [2.45, 2.75) is 0 Å². The summed E-state index contributed by atoms with van der Waals surface area (Å²) >= 11 is 0. The van der Waals surface area contributed by atoms with Gasteiger partial charge in [0.05, 0.1) is 0 Å². The first-order valence-corrected chi connectivity index (χ1v) is 4.79. The van der Waals surface area contributed by atoms with Crippen molar-refractivity contribution >= 4 is 19.4 Å². The lowest BCUT2D eigenvalue weighted by Crippen LogP contribution is -1.74. The first kappa shape index (κ1) is 12.4. The molecule has 0 aromatic heterocycles. The maximum atomic E-state index is 10.5. The molecule has 0 heterocycles. The van der Waals surface area contributed by atoms with E-state index in [0.717, 1.165) is 11.6 Å². The molecule has 0 aliphatic rings. The van der Waals surface area contributed by atoms with E-state index in [-0.39, 0.29) is 5.31 Å². The molecule has 0 aliphatic heterocycles. The third kappa shape index (κ3) is 4.43. The zero-order chi connectivity index (χ0) is 11.0. The van der Waals surface area contributed by atoms with Crippen LogP contribution in [-0.4, -0.2) is 11.0 Å². The third-order valence-electron chi connectivity index (χ3n) is 1.34. The zero-order valence-electron chi connectivity index (χ0n) is 7.30. The Morgan fingerprint density at radius 1 is 1.43 bits per heavy atom. The Labute approximate surface area is 82.3 Å². The van der Waals surface area contributed by atoms with Crippen LogP contribution in [0.5, 0.6) is 0 Å². The molecular weight excluding hydrogens is 201 g/mol. The van der Waals surface area contributed by atoms with Crippen LogP contribution < -0.4 is 0 Å². The Morgan fingerprint density at radius 3 is 2.21 bits per heavy atom. The van der Waals surface area contributed by atoms with Crippen molar-refractivity contribution in [3.8, 4) is 0 Å². The van der Waals surface area contributed by atoms with E-state index in [9.17, 15) is 4.57 Å². The lowest BCUT2D eigenvalue weighted by Gasteiger charge is -1.88. The van der Waals surface area contributed by atoms with Crippen molar-refractivity contribution < 1.29 is 14.3 Å². The van der Waals surface area contributed by atoms with Crippen LogP contribution in [0.15, 0.2) is 36.9 Å².